The average molecular weight is 479 g/mol. The van der Waals surface area contributed by atoms with E-state index in [4.69, 9.17) is 22.1 Å². The van der Waals surface area contributed by atoms with E-state index >= 15 is 0 Å². The Morgan fingerprint density at radius 3 is 2.48 bits per heavy atom. The Balaban J connectivity index is 1.91. The lowest BCUT2D eigenvalue weighted by Gasteiger charge is -2.26. The third kappa shape index (κ3) is 4.64. The van der Waals surface area contributed by atoms with Crippen LogP contribution < -0.4 is 20.7 Å². The van der Waals surface area contributed by atoms with Crippen molar-refractivity contribution in [3.8, 4) is 5.75 Å². The molecule has 5 amide bonds. The number of halogens is 2. The number of carbonyl (C=O) groups is 4. The second kappa shape index (κ2) is 8.46. The lowest BCUT2D eigenvalue weighted by molar-refractivity contribution is -0.123. The largest absolute Gasteiger partial charge is 0.482 e. The van der Waals surface area contributed by atoms with Crippen LogP contribution in [0, 0.1) is 0 Å². The molecule has 0 radical (unpaired) electrons. The number of ether oxygens (including phenoxy) is 1. The number of urea groups is 1. The highest BCUT2D eigenvalue weighted by Gasteiger charge is 2.36. The Kier molecular flexibility index (Phi) is 6.00. The van der Waals surface area contributed by atoms with Gasteiger partial charge in [-0.1, -0.05) is 33.6 Å². The van der Waals surface area contributed by atoms with Crippen LogP contribution in [0.25, 0.3) is 6.08 Å². The number of hydrogen-bond acceptors (Lipinski definition) is 5. The summed E-state index contributed by atoms with van der Waals surface area (Å²) < 4.78 is 5.92. The summed E-state index contributed by atoms with van der Waals surface area (Å²) in [5.41, 5.74) is 5.51. The SMILES string of the molecule is NC(=O)COc1ccc(/C=C2\C(=O)NC(=O)N(c3ccc(Br)cc3)C2=O)cc1Cl. The van der Waals surface area contributed by atoms with Crippen LogP contribution in [0.4, 0.5) is 10.5 Å². The molecule has 2 aromatic rings. The second-order valence-electron chi connectivity index (χ2n) is 5.88. The number of imide groups is 2. The summed E-state index contributed by atoms with van der Waals surface area (Å²) in [6.45, 7) is -0.342. The second-order valence-corrected chi connectivity index (χ2v) is 7.20. The molecule has 2 aromatic carbocycles. The standard InChI is InChI=1S/C19H13BrClN3O5/c20-11-2-4-12(5-3-11)24-18(27)13(17(26)23-19(24)28)7-10-1-6-15(14(21)8-10)29-9-16(22)25/h1-8H,9H2,(H2,22,25)(H,23,26,28)/b13-7+. The monoisotopic (exact) mass is 477 g/mol. The van der Waals surface area contributed by atoms with Gasteiger partial charge >= 0.3 is 6.03 Å². The number of carbonyl (C=O) groups excluding carboxylic acids is 4. The van der Waals surface area contributed by atoms with Crippen molar-refractivity contribution in [2.45, 2.75) is 0 Å². The highest BCUT2D eigenvalue weighted by Crippen LogP contribution is 2.28. The van der Waals surface area contributed by atoms with Gasteiger partial charge in [0, 0.05) is 4.47 Å². The molecule has 1 heterocycles. The third-order valence-corrected chi connectivity index (χ3v) is 4.65. The molecule has 1 aliphatic heterocycles. The summed E-state index contributed by atoms with van der Waals surface area (Å²) in [4.78, 5) is 48.9. The van der Waals surface area contributed by atoms with Gasteiger partial charge in [-0.2, -0.15) is 0 Å². The van der Waals surface area contributed by atoms with E-state index in [0.717, 1.165) is 9.37 Å². The fourth-order valence-corrected chi connectivity index (χ4v) is 3.03. The number of hydrogen-bond donors (Lipinski definition) is 2. The first-order valence-corrected chi connectivity index (χ1v) is 9.31. The van der Waals surface area contributed by atoms with Crippen molar-refractivity contribution in [1.82, 2.24) is 5.32 Å². The third-order valence-electron chi connectivity index (χ3n) is 3.82. The van der Waals surface area contributed by atoms with Crippen LogP contribution in [0.2, 0.25) is 5.02 Å². The zero-order chi connectivity index (χ0) is 21.1. The van der Waals surface area contributed by atoms with Crippen LogP contribution in [0.3, 0.4) is 0 Å². The molecule has 0 unspecified atom stereocenters. The lowest BCUT2D eigenvalue weighted by Crippen LogP contribution is -2.54. The van der Waals surface area contributed by atoms with Crippen molar-refractivity contribution in [3.05, 3.63) is 63.1 Å². The van der Waals surface area contributed by atoms with Crippen molar-refractivity contribution < 1.29 is 23.9 Å². The zero-order valence-corrected chi connectivity index (χ0v) is 17.0. The minimum atomic E-state index is -0.840. The molecule has 0 aromatic heterocycles. The molecule has 1 saturated heterocycles. The van der Waals surface area contributed by atoms with Gasteiger partial charge in [0.05, 0.1) is 10.7 Å². The molecule has 3 N–H and O–H groups in total. The number of primary amides is 1. The van der Waals surface area contributed by atoms with Gasteiger partial charge in [-0.25, -0.2) is 9.69 Å². The molecule has 0 saturated carbocycles. The van der Waals surface area contributed by atoms with Gasteiger partial charge in [0.25, 0.3) is 17.7 Å². The van der Waals surface area contributed by atoms with Crippen molar-refractivity contribution in [1.29, 1.82) is 0 Å². The first-order chi connectivity index (χ1) is 13.8. The van der Waals surface area contributed by atoms with Gasteiger partial charge in [0.2, 0.25) is 0 Å². The molecule has 148 valence electrons. The van der Waals surface area contributed by atoms with E-state index in [1.807, 2.05) is 0 Å². The van der Waals surface area contributed by atoms with Crippen LogP contribution in [0.1, 0.15) is 5.56 Å². The fourth-order valence-electron chi connectivity index (χ4n) is 2.52. The first kappa shape index (κ1) is 20.6. The molecule has 10 heteroatoms. The number of anilines is 1. The van der Waals surface area contributed by atoms with E-state index in [0.29, 0.717) is 11.3 Å². The van der Waals surface area contributed by atoms with Gasteiger partial charge < -0.3 is 10.5 Å². The Labute approximate surface area is 178 Å². The molecule has 0 atom stereocenters. The molecule has 8 nitrogen and oxygen atoms in total. The number of nitrogens with zero attached hydrogens (tertiary/aromatic N) is 1. The van der Waals surface area contributed by atoms with E-state index in [1.54, 1.807) is 24.3 Å². The van der Waals surface area contributed by atoms with Crippen LogP contribution in [0.5, 0.6) is 5.75 Å². The van der Waals surface area contributed by atoms with Gasteiger partial charge in [0.15, 0.2) is 6.61 Å². The van der Waals surface area contributed by atoms with Crippen molar-refractivity contribution in [2.24, 2.45) is 5.73 Å². The summed E-state index contributed by atoms with van der Waals surface area (Å²) >= 11 is 9.38. The number of nitrogens with two attached hydrogens (primary N) is 1. The topological polar surface area (TPSA) is 119 Å². The quantitative estimate of drug-likeness (QED) is 0.506. The summed E-state index contributed by atoms with van der Waals surface area (Å²) in [6.07, 6.45) is 1.31. The summed E-state index contributed by atoms with van der Waals surface area (Å²) in [5, 5.41) is 2.30. The highest BCUT2D eigenvalue weighted by molar-refractivity contribution is 9.10. The molecule has 0 aliphatic carbocycles. The molecule has 1 fully saturated rings. The Bertz CT molecular complexity index is 1050. The molecule has 0 bridgehead atoms. The molecule has 29 heavy (non-hydrogen) atoms. The molecular formula is C19H13BrClN3O5. The zero-order valence-electron chi connectivity index (χ0n) is 14.6. The predicted molar refractivity (Wildman–Crippen MR) is 109 cm³/mol. The van der Waals surface area contributed by atoms with E-state index in [9.17, 15) is 19.2 Å². The summed E-state index contributed by atoms with van der Waals surface area (Å²) in [7, 11) is 0. The Morgan fingerprint density at radius 1 is 1.17 bits per heavy atom. The maximum Gasteiger partial charge on any atom is 0.335 e. The highest BCUT2D eigenvalue weighted by atomic mass is 79.9. The number of amides is 5. The van der Waals surface area contributed by atoms with Crippen LogP contribution >= 0.6 is 27.5 Å². The van der Waals surface area contributed by atoms with Crippen LogP contribution in [-0.2, 0) is 14.4 Å². The maximum absolute atomic E-state index is 12.8. The van der Waals surface area contributed by atoms with Crippen molar-refractivity contribution in [3.63, 3.8) is 0 Å². The van der Waals surface area contributed by atoms with Gasteiger partial charge in [0.1, 0.15) is 11.3 Å². The Hall–Kier alpha value is -3.17. The van der Waals surface area contributed by atoms with E-state index in [1.165, 1.54) is 24.3 Å². The molecule has 0 spiro atoms. The lowest BCUT2D eigenvalue weighted by atomic mass is 10.1. The van der Waals surface area contributed by atoms with E-state index in [-0.39, 0.29) is 23.0 Å². The van der Waals surface area contributed by atoms with E-state index in [2.05, 4.69) is 21.2 Å². The molecule has 1 aliphatic rings. The molecular weight excluding hydrogens is 466 g/mol. The number of barbiturate groups is 1. The predicted octanol–water partition coefficient (Wildman–Crippen LogP) is 2.63. The van der Waals surface area contributed by atoms with Crippen LogP contribution in [-0.4, -0.2) is 30.4 Å². The average Bonchev–Trinajstić information content (AvgIpc) is 2.65. The maximum atomic E-state index is 12.8. The minimum absolute atomic E-state index is 0.158. The van der Waals surface area contributed by atoms with Crippen LogP contribution in [0.15, 0.2) is 52.5 Å². The summed E-state index contributed by atoms with van der Waals surface area (Å²) in [6, 6.07) is 10.1. The van der Waals surface area contributed by atoms with Gasteiger partial charge in [-0.3, -0.25) is 19.7 Å². The number of nitrogens with one attached hydrogen (secondary N) is 1. The fraction of sp³-hybridized carbons (Fsp3) is 0.0526. The van der Waals surface area contributed by atoms with E-state index < -0.39 is 23.8 Å². The number of rotatable bonds is 5. The Morgan fingerprint density at radius 2 is 1.86 bits per heavy atom. The minimum Gasteiger partial charge on any atom is -0.482 e. The first-order valence-electron chi connectivity index (χ1n) is 8.14. The molecule has 3 rings (SSSR count). The van der Waals surface area contributed by atoms with Crippen molar-refractivity contribution in [2.75, 3.05) is 11.5 Å². The normalized spacial score (nSPS) is 15.4. The summed E-state index contributed by atoms with van der Waals surface area (Å²) in [5.74, 6) is -2.03. The van der Waals surface area contributed by atoms with Gasteiger partial charge in [-0.15, -0.1) is 0 Å². The van der Waals surface area contributed by atoms with Gasteiger partial charge in [-0.05, 0) is 48.0 Å². The smallest absolute Gasteiger partial charge is 0.335 e. The van der Waals surface area contributed by atoms with Crippen molar-refractivity contribution >= 4 is 63.0 Å². The number of benzene rings is 2.